The van der Waals surface area contributed by atoms with Crippen LogP contribution >= 0.6 is 11.8 Å². The normalized spacial score (nSPS) is 29.8. The lowest BCUT2D eigenvalue weighted by molar-refractivity contribution is -0.162. The van der Waals surface area contributed by atoms with E-state index in [1.54, 1.807) is 53.3 Å². The van der Waals surface area contributed by atoms with Gasteiger partial charge in [0.05, 0.1) is 13.5 Å². The molecule has 2 aliphatic rings. The number of carbonyl (C=O) groups is 3. The SMILES string of the molecule is COC(=O)C[C@H]1SC[C@@H](C)[C@H]2CN(C(=O)OC(C)(C)C)[C@H](C(=O)OC(C)(C)C)[C@H]21. The van der Waals surface area contributed by atoms with Gasteiger partial charge in [-0.15, -0.1) is 0 Å². The molecule has 29 heavy (non-hydrogen) atoms. The van der Waals surface area contributed by atoms with Gasteiger partial charge in [-0.25, -0.2) is 9.59 Å². The number of methoxy groups -OCH3 is 1. The van der Waals surface area contributed by atoms with Crippen molar-refractivity contribution >= 4 is 29.8 Å². The summed E-state index contributed by atoms with van der Waals surface area (Å²) in [5.74, 6) is 0.318. The van der Waals surface area contributed by atoms with Crippen LogP contribution in [0.3, 0.4) is 0 Å². The first-order chi connectivity index (χ1) is 13.2. The van der Waals surface area contributed by atoms with Crippen molar-refractivity contribution in [3.63, 3.8) is 0 Å². The van der Waals surface area contributed by atoms with Gasteiger partial charge in [-0.3, -0.25) is 9.69 Å². The molecule has 0 N–H and O–H groups in total. The first-order valence-corrected chi connectivity index (χ1v) is 11.2. The van der Waals surface area contributed by atoms with Crippen molar-refractivity contribution in [2.75, 3.05) is 19.4 Å². The molecule has 2 heterocycles. The van der Waals surface area contributed by atoms with E-state index in [0.717, 1.165) is 5.75 Å². The zero-order valence-corrected chi connectivity index (χ0v) is 19.6. The Morgan fingerprint density at radius 3 is 2.14 bits per heavy atom. The maximum Gasteiger partial charge on any atom is 0.411 e. The number of likely N-dealkylation sites (tertiary alicyclic amines) is 1. The van der Waals surface area contributed by atoms with Crippen molar-refractivity contribution < 1.29 is 28.6 Å². The Balaban J connectivity index is 2.39. The highest BCUT2D eigenvalue weighted by molar-refractivity contribution is 8.00. The van der Waals surface area contributed by atoms with Gasteiger partial charge in [0.2, 0.25) is 0 Å². The Bertz CT molecular complexity index is 638. The minimum absolute atomic E-state index is 0.0935. The number of fused-ring (bicyclic) bond motifs is 1. The lowest BCUT2D eigenvalue weighted by Crippen LogP contribution is -2.50. The molecule has 2 fully saturated rings. The highest BCUT2D eigenvalue weighted by atomic mass is 32.2. The fraction of sp³-hybridized carbons (Fsp3) is 0.857. The average Bonchev–Trinajstić information content (AvgIpc) is 2.96. The van der Waals surface area contributed by atoms with Gasteiger partial charge in [0.25, 0.3) is 0 Å². The standard InChI is InChI=1S/C21H35NO6S/c1-12-11-29-14(9-15(23)26-8)16-13(12)10-22(19(25)28-21(5,6)7)17(16)18(24)27-20(2,3)4/h12-14,16-17H,9-11H2,1-8H3/t12-,13-,14-,16-,17+/m1/s1. The van der Waals surface area contributed by atoms with E-state index in [2.05, 4.69) is 6.92 Å². The molecule has 166 valence electrons. The van der Waals surface area contributed by atoms with Gasteiger partial charge in [-0.2, -0.15) is 11.8 Å². The second kappa shape index (κ2) is 8.74. The number of hydrogen-bond donors (Lipinski definition) is 0. The zero-order valence-electron chi connectivity index (χ0n) is 18.8. The second-order valence-corrected chi connectivity index (χ2v) is 11.3. The van der Waals surface area contributed by atoms with Gasteiger partial charge >= 0.3 is 18.0 Å². The molecule has 0 radical (unpaired) electrons. The van der Waals surface area contributed by atoms with Crippen molar-refractivity contribution in [3.05, 3.63) is 0 Å². The Hall–Kier alpha value is -1.44. The largest absolute Gasteiger partial charge is 0.469 e. The monoisotopic (exact) mass is 429 g/mol. The number of ether oxygens (including phenoxy) is 3. The van der Waals surface area contributed by atoms with E-state index < -0.39 is 29.3 Å². The second-order valence-electron chi connectivity index (χ2n) is 9.98. The van der Waals surface area contributed by atoms with Crippen LogP contribution in [0.4, 0.5) is 4.79 Å². The van der Waals surface area contributed by atoms with Crippen molar-refractivity contribution in [1.29, 1.82) is 0 Å². The number of carbonyl (C=O) groups excluding carboxylic acids is 3. The maximum absolute atomic E-state index is 13.2. The molecule has 2 saturated heterocycles. The van der Waals surface area contributed by atoms with Gasteiger partial charge in [0, 0.05) is 17.7 Å². The molecule has 2 rings (SSSR count). The Labute approximate surface area is 178 Å². The molecule has 0 aromatic heterocycles. The quantitative estimate of drug-likeness (QED) is 0.502. The third kappa shape index (κ3) is 6.03. The van der Waals surface area contributed by atoms with E-state index in [1.165, 1.54) is 12.0 Å². The third-order valence-electron chi connectivity index (χ3n) is 5.21. The van der Waals surface area contributed by atoms with Crippen molar-refractivity contribution in [1.82, 2.24) is 4.90 Å². The molecular weight excluding hydrogens is 394 g/mol. The first-order valence-electron chi connectivity index (χ1n) is 10.1. The number of esters is 2. The molecule has 0 unspecified atom stereocenters. The lowest BCUT2D eigenvalue weighted by Gasteiger charge is -2.39. The molecule has 2 aliphatic heterocycles. The van der Waals surface area contributed by atoms with Crippen molar-refractivity contribution in [2.24, 2.45) is 17.8 Å². The van der Waals surface area contributed by atoms with Crippen LogP contribution in [0.2, 0.25) is 0 Å². The van der Waals surface area contributed by atoms with Crippen molar-refractivity contribution in [2.45, 2.75) is 77.4 Å². The van der Waals surface area contributed by atoms with Gasteiger partial charge in [-0.1, -0.05) is 6.92 Å². The van der Waals surface area contributed by atoms with Crippen LogP contribution in [0, 0.1) is 17.8 Å². The summed E-state index contributed by atoms with van der Waals surface area (Å²) in [6, 6.07) is -0.779. The molecule has 0 aromatic rings. The van der Waals surface area contributed by atoms with Crippen LogP contribution in [-0.4, -0.2) is 64.8 Å². The van der Waals surface area contributed by atoms with E-state index in [0.29, 0.717) is 12.5 Å². The Morgan fingerprint density at radius 1 is 1.03 bits per heavy atom. The summed E-state index contributed by atoms with van der Waals surface area (Å²) in [6.07, 6.45) is -0.312. The number of hydrogen-bond acceptors (Lipinski definition) is 7. The van der Waals surface area contributed by atoms with E-state index >= 15 is 0 Å². The van der Waals surface area contributed by atoms with Gasteiger partial charge < -0.3 is 14.2 Å². The van der Waals surface area contributed by atoms with Crippen LogP contribution in [0.1, 0.15) is 54.9 Å². The fourth-order valence-corrected chi connectivity index (χ4v) is 5.68. The summed E-state index contributed by atoms with van der Waals surface area (Å²) in [7, 11) is 1.36. The number of amides is 1. The molecule has 1 amide bonds. The maximum atomic E-state index is 13.2. The summed E-state index contributed by atoms with van der Waals surface area (Å²) in [5, 5.41) is -0.117. The van der Waals surface area contributed by atoms with Gasteiger partial charge in [0.1, 0.15) is 17.2 Å². The molecule has 8 heteroatoms. The molecule has 0 saturated carbocycles. The predicted molar refractivity (Wildman–Crippen MR) is 112 cm³/mol. The molecule has 5 atom stereocenters. The predicted octanol–water partition coefficient (Wildman–Crippen LogP) is 3.49. The average molecular weight is 430 g/mol. The smallest absolute Gasteiger partial charge is 0.411 e. The van der Waals surface area contributed by atoms with Crippen LogP contribution in [0.25, 0.3) is 0 Å². The number of thioether (sulfide) groups is 1. The summed E-state index contributed by atoms with van der Waals surface area (Å²) < 4.78 is 16.1. The molecule has 0 bridgehead atoms. The third-order valence-corrected chi connectivity index (χ3v) is 6.83. The van der Waals surface area contributed by atoms with Crippen molar-refractivity contribution in [3.8, 4) is 0 Å². The summed E-state index contributed by atoms with van der Waals surface area (Å²) in [6.45, 7) is 13.4. The van der Waals surface area contributed by atoms with E-state index in [9.17, 15) is 14.4 Å². The van der Waals surface area contributed by atoms with Gasteiger partial charge in [0.15, 0.2) is 0 Å². The van der Waals surface area contributed by atoms with E-state index in [1.807, 2.05) is 0 Å². The zero-order chi connectivity index (χ0) is 22.1. The summed E-state index contributed by atoms with van der Waals surface area (Å²) in [5.41, 5.74) is -1.35. The van der Waals surface area contributed by atoms with Crippen LogP contribution < -0.4 is 0 Å². The molecule has 0 aromatic carbocycles. The Kier molecular flexibility index (Phi) is 7.18. The highest BCUT2D eigenvalue weighted by Crippen LogP contribution is 2.48. The molecule has 7 nitrogen and oxygen atoms in total. The van der Waals surface area contributed by atoms with Crippen LogP contribution in [0.15, 0.2) is 0 Å². The van der Waals surface area contributed by atoms with E-state index in [-0.39, 0.29) is 29.5 Å². The Morgan fingerprint density at radius 2 is 1.62 bits per heavy atom. The number of rotatable bonds is 3. The highest BCUT2D eigenvalue weighted by Gasteiger charge is 2.56. The first kappa shape index (κ1) is 23.8. The molecule has 0 spiro atoms. The summed E-state index contributed by atoms with van der Waals surface area (Å²) in [4.78, 5) is 39.7. The lowest BCUT2D eigenvalue weighted by atomic mass is 9.79. The van der Waals surface area contributed by atoms with Gasteiger partial charge in [-0.05, 0) is 59.1 Å². The van der Waals surface area contributed by atoms with Crippen LogP contribution in [0.5, 0.6) is 0 Å². The van der Waals surface area contributed by atoms with Crippen LogP contribution in [-0.2, 0) is 23.8 Å². The molecule has 0 aliphatic carbocycles. The minimum Gasteiger partial charge on any atom is -0.469 e. The summed E-state index contributed by atoms with van der Waals surface area (Å²) >= 11 is 1.67. The number of nitrogens with zero attached hydrogens (tertiary/aromatic N) is 1. The topological polar surface area (TPSA) is 82.1 Å². The van der Waals surface area contributed by atoms with E-state index in [4.69, 9.17) is 14.2 Å². The fourth-order valence-electron chi connectivity index (χ4n) is 4.05. The molecular formula is C21H35NO6S. The minimum atomic E-state index is -0.779.